The highest BCUT2D eigenvalue weighted by Gasteiger charge is 2.24. The Hall–Kier alpha value is -1.63. The molecule has 1 saturated carbocycles. The number of nitrogens with one attached hydrogen (secondary N) is 2. The molecule has 1 aromatic heterocycles. The van der Waals surface area contributed by atoms with Crippen LogP contribution in [0.15, 0.2) is 52.0 Å². The minimum Gasteiger partial charge on any atom is -0.468 e. The van der Waals surface area contributed by atoms with Gasteiger partial charge in [-0.2, -0.15) is 0 Å². The Bertz CT molecular complexity index is 770. The molecule has 0 aliphatic heterocycles. The van der Waals surface area contributed by atoms with Crippen LogP contribution in [-0.2, 0) is 16.6 Å². The SMILES string of the molecule is CC(NC1CCCC1C)c1ccc(S(=O)(=O)NCc2ccco2)cc1. The number of benzene rings is 1. The second kappa shape index (κ2) is 7.72. The molecular weight excluding hydrogens is 336 g/mol. The van der Waals surface area contributed by atoms with Gasteiger partial charge in [-0.3, -0.25) is 0 Å². The van der Waals surface area contributed by atoms with Crippen LogP contribution >= 0.6 is 0 Å². The average Bonchev–Trinajstić information content (AvgIpc) is 3.25. The predicted octanol–water partition coefficient (Wildman–Crippen LogP) is 3.60. The molecule has 0 bridgehead atoms. The maximum absolute atomic E-state index is 12.4. The third-order valence-electron chi connectivity index (χ3n) is 5.03. The molecule has 0 radical (unpaired) electrons. The summed E-state index contributed by atoms with van der Waals surface area (Å²) in [4.78, 5) is 0.268. The lowest BCUT2D eigenvalue weighted by Gasteiger charge is -2.23. The van der Waals surface area contributed by atoms with Crippen LogP contribution in [0.1, 0.15) is 50.5 Å². The van der Waals surface area contributed by atoms with E-state index in [-0.39, 0.29) is 17.5 Å². The molecule has 0 spiro atoms. The largest absolute Gasteiger partial charge is 0.468 e. The quantitative estimate of drug-likeness (QED) is 0.789. The van der Waals surface area contributed by atoms with Gasteiger partial charge in [0.05, 0.1) is 17.7 Å². The highest BCUT2D eigenvalue weighted by molar-refractivity contribution is 7.89. The van der Waals surface area contributed by atoms with Gasteiger partial charge in [0.2, 0.25) is 10.0 Å². The standard InChI is InChI=1S/C19H26N2O3S/c1-14-5-3-7-19(14)21-15(2)16-8-10-18(11-9-16)25(22,23)20-13-17-6-4-12-24-17/h4,6,8-12,14-15,19-21H,3,5,7,13H2,1-2H3. The lowest BCUT2D eigenvalue weighted by atomic mass is 10.0. The molecule has 1 aliphatic rings. The van der Waals surface area contributed by atoms with Gasteiger partial charge in [0.1, 0.15) is 5.76 Å². The second-order valence-corrected chi connectivity index (χ2v) is 8.64. The van der Waals surface area contributed by atoms with E-state index in [4.69, 9.17) is 4.42 Å². The van der Waals surface area contributed by atoms with Crippen LogP contribution in [-0.4, -0.2) is 14.5 Å². The Kier molecular flexibility index (Phi) is 5.61. The molecule has 6 heteroatoms. The van der Waals surface area contributed by atoms with E-state index in [1.807, 2.05) is 12.1 Å². The zero-order valence-corrected chi connectivity index (χ0v) is 15.6. The topological polar surface area (TPSA) is 71.3 Å². The van der Waals surface area contributed by atoms with Gasteiger partial charge in [-0.1, -0.05) is 25.5 Å². The van der Waals surface area contributed by atoms with Gasteiger partial charge < -0.3 is 9.73 Å². The van der Waals surface area contributed by atoms with Crippen molar-refractivity contribution in [3.8, 4) is 0 Å². The lowest BCUT2D eigenvalue weighted by Crippen LogP contribution is -2.33. The summed E-state index contributed by atoms with van der Waals surface area (Å²) in [5, 5.41) is 3.67. The first-order chi connectivity index (χ1) is 12.0. The molecule has 136 valence electrons. The van der Waals surface area contributed by atoms with E-state index in [1.165, 1.54) is 25.5 Å². The second-order valence-electron chi connectivity index (χ2n) is 6.88. The van der Waals surface area contributed by atoms with Crippen molar-refractivity contribution in [1.29, 1.82) is 0 Å². The molecule has 1 aromatic carbocycles. The molecule has 3 unspecified atom stereocenters. The minimum absolute atomic E-state index is 0.147. The fraction of sp³-hybridized carbons (Fsp3) is 0.474. The molecule has 2 aromatic rings. The predicted molar refractivity (Wildman–Crippen MR) is 97.5 cm³/mol. The Labute approximate surface area is 149 Å². The fourth-order valence-electron chi connectivity index (χ4n) is 3.41. The summed E-state index contributed by atoms with van der Waals surface area (Å²) >= 11 is 0. The number of sulfonamides is 1. The lowest BCUT2D eigenvalue weighted by molar-refractivity contribution is 0.388. The van der Waals surface area contributed by atoms with Crippen LogP contribution in [0, 0.1) is 5.92 Å². The number of rotatable bonds is 7. The molecule has 2 N–H and O–H groups in total. The summed E-state index contributed by atoms with van der Waals surface area (Å²) in [6.45, 7) is 4.57. The van der Waals surface area contributed by atoms with Crippen LogP contribution < -0.4 is 10.0 Å². The first-order valence-corrected chi connectivity index (χ1v) is 10.3. The average molecular weight is 362 g/mol. The fourth-order valence-corrected chi connectivity index (χ4v) is 4.40. The molecule has 1 fully saturated rings. The summed E-state index contributed by atoms with van der Waals surface area (Å²) in [6, 6.07) is 11.3. The van der Waals surface area contributed by atoms with Gasteiger partial charge in [0.15, 0.2) is 0 Å². The van der Waals surface area contributed by atoms with Crippen molar-refractivity contribution in [3.05, 3.63) is 54.0 Å². The molecule has 5 nitrogen and oxygen atoms in total. The van der Waals surface area contributed by atoms with Gasteiger partial charge >= 0.3 is 0 Å². The van der Waals surface area contributed by atoms with E-state index in [0.717, 1.165) is 5.56 Å². The van der Waals surface area contributed by atoms with Gasteiger partial charge in [-0.15, -0.1) is 0 Å². The third kappa shape index (κ3) is 4.51. The molecule has 1 aliphatic carbocycles. The zero-order valence-electron chi connectivity index (χ0n) is 14.7. The zero-order chi connectivity index (χ0) is 17.9. The molecule has 1 heterocycles. The van der Waals surface area contributed by atoms with Crippen molar-refractivity contribution in [2.45, 2.75) is 56.6 Å². The van der Waals surface area contributed by atoms with E-state index in [0.29, 0.717) is 17.7 Å². The molecule has 25 heavy (non-hydrogen) atoms. The summed E-state index contributed by atoms with van der Waals surface area (Å²) in [5.41, 5.74) is 1.10. The van der Waals surface area contributed by atoms with E-state index >= 15 is 0 Å². The highest BCUT2D eigenvalue weighted by Crippen LogP contribution is 2.27. The third-order valence-corrected chi connectivity index (χ3v) is 6.45. The number of furan rings is 1. The Morgan fingerprint density at radius 1 is 1.20 bits per heavy atom. The normalized spacial score (nSPS) is 22.2. The Morgan fingerprint density at radius 2 is 1.96 bits per heavy atom. The smallest absolute Gasteiger partial charge is 0.240 e. The maximum atomic E-state index is 12.4. The minimum atomic E-state index is -3.54. The Balaban J connectivity index is 1.62. The van der Waals surface area contributed by atoms with Crippen molar-refractivity contribution < 1.29 is 12.8 Å². The summed E-state index contributed by atoms with van der Waals surface area (Å²) in [6.07, 6.45) is 5.31. The molecule has 0 amide bonds. The molecular formula is C19H26N2O3S. The first-order valence-electron chi connectivity index (χ1n) is 8.84. The van der Waals surface area contributed by atoms with Crippen LogP contribution in [0.25, 0.3) is 0 Å². The van der Waals surface area contributed by atoms with Crippen LogP contribution in [0.4, 0.5) is 0 Å². The van der Waals surface area contributed by atoms with E-state index in [1.54, 1.807) is 24.3 Å². The van der Waals surface area contributed by atoms with E-state index in [9.17, 15) is 8.42 Å². The summed E-state index contributed by atoms with van der Waals surface area (Å²) in [5.74, 6) is 1.29. The van der Waals surface area contributed by atoms with Gasteiger partial charge in [0, 0.05) is 12.1 Å². The van der Waals surface area contributed by atoms with E-state index in [2.05, 4.69) is 23.9 Å². The van der Waals surface area contributed by atoms with Crippen molar-refractivity contribution in [2.24, 2.45) is 5.92 Å². The Morgan fingerprint density at radius 3 is 2.56 bits per heavy atom. The van der Waals surface area contributed by atoms with Crippen molar-refractivity contribution in [1.82, 2.24) is 10.0 Å². The first kappa shape index (κ1) is 18.2. The van der Waals surface area contributed by atoms with Crippen molar-refractivity contribution in [3.63, 3.8) is 0 Å². The van der Waals surface area contributed by atoms with Crippen LogP contribution in [0.5, 0.6) is 0 Å². The maximum Gasteiger partial charge on any atom is 0.240 e. The summed E-state index contributed by atoms with van der Waals surface area (Å²) in [7, 11) is -3.54. The highest BCUT2D eigenvalue weighted by atomic mass is 32.2. The van der Waals surface area contributed by atoms with Crippen molar-refractivity contribution in [2.75, 3.05) is 0 Å². The molecule has 3 rings (SSSR count). The van der Waals surface area contributed by atoms with E-state index < -0.39 is 10.0 Å². The van der Waals surface area contributed by atoms with Crippen LogP contribution in [0.3, 0.4) is 0 Å². The van der Waals surface area contributed by atoms with Gasteiger partial charge in [0.25, 0.3) is 0 Å². The molecule has 3 atom stereocenters. The van der Waals surface area contributed by atoms with Crippen LogP contribution in [0.2, 0.25) is 0 Å². The summed E-state index contributed by atoms with van der Waals surface area (Å²) < 4.78 is 32.4. The molecule has 0 saturated heterocycles. The number of hydrogen-bond acceptors (Lipinski definition) is 4. The van der Waals surface area contributed by atoms with Gasteiger partial charge in [-0.25, -0.2) is 13.1 Å². The van der Waals surface area contributed by atoms with Crippen molar-refractivity contribution >= 4 is 10.0 Å². The monoisotopic (exact) mass is 362 g/mol. The van der Waals surface area contributed by atoms with Gasteiger partial charge in [-0.05, 0) is 55.5 Å². The number of hydrogen-bond donors (Lipinski definition) is 2.